The van der Waals surface area contributed by atoms with Crippen molar-refractivity contribution >= 4 is 39.3 Å². The van der Waals surface area contributed by atoms with Gasteiger partial charge >= 0.3 is 0 Å². The van der Waals surface area contributed by atoms with Crippen molar-refractivity contribution in [2.75, 3.05) is 0 Å². The highest BCUT2D eigenvalue weighted by Crippen LogP contribution is 2.27. The number of benzene rings is 2. The molecule has 6 heteroatoms. The van der Waals surface area contributed by atoms with Gasteiger partial charge in [0, 0.05) is 12.6 Å². The first-order valence-electron chi connectivity index (χ1n) is 10.9. The lowest BCUT2D eigenvalue weighted by molar-refractivity contribution is -0.121. The average molecular weight is 424 g/mol. The third-order valence-corrected chi connectivity index (χ3v) is 7.28. The van der Waals surface area contributed by atoms with Gasteiger partial charge in [-0.2, -0.15) is 0 Å². The number of thioether (sulfide) groups is 1. The minimum Gasteiger partial charge on any atom is -0.352 e. The van der Waals surface area contributed by atoms with Gasteiger partial charge in [0.25, 0.3) is 5.56 Å². The number of fused-ring (bicyclic) bond motifs is 2. The van der Waals surface area contributed by atoms with E-state index in [0.29, 0.717) is 28.5 Å². The molecule has 158 valence electrons. The summed E-state index contributed by atoms with van der Waals surface area (Å²) in [7, 11) is 0. The van der Waals surface area contributed by atoms with Gasteiger partial charge in [-0.25, -0.2) is 4.98 Å². The number of amides is 1. The van der Waals surface area contributed by atoms with Crippen molar-refractivity contribution in [3.8, 4) is 0 Å². The van der Waals surface area contributed by atoms with E-state index in [9.17, 15) is 9.59 Å². The van der Waals surface area contributed by atoms with Gasteiger partial charge in [0.05, 0.1) is 16.2 Å². The number of nitrogens with zero attached hydrogens (tertiary/aromatic N) is 2. The SMILES string of the molecule is CCn1c(S[C@H](C)C(=O)N[C@H]2CCCC[C@@H]2C)nc2cc3ccccc3cc2c1=O. The molecule has 0 spiro atoms. The molecule has 2 aromatic carbocycles. The zero-order valence-corrected chi connectivity index (χ0v) is 18.7. The van der Waals surface area contributed by atoms with E-state index in [4.69, 9.17) is 4.98 Å². The van der Waals surface area contributed by atoms with E-state index in [-0.39, 0.29) is 22.8 Å². The Morgan fingerprint density at radius 1 is 1.23 bits per heavy atom. The zero-order valence-electron chi connectivity index (χ0n) is 17.9. The monoisotopic (exact) mass is 423 g/mol. The number of nitrogens with one attached hydrogen (secondary N) is 1. The Kier molecular flexibility index (Phi) is 6.14. The number of hydrogen-bond acceptors (Lipinski definition) is 4. The molecule has 1 aliphatic rings. The van der Waals surface area contributed by atoms with Crippen LogP contribution in [0.25, 0.3) is 21.7 Å². The van der Waals surface area contributed by atoms with Crippen molar-refractivity contribution in [1.82, 2.24) is 14.9 Å². The minimum atomic E-state index is -0.318. The van der Waals surface area contributed by atoms with E-state index in [0.717, 1.165) is 17.2 Å². The lowest BCUT2D eigenvalue weighted by Crippen LogP contribution is -2.44. The van der Waals surface area contributed by atoms with Crippen LogP contribution < -0.4 is 10.9 Å². The van der Waals surface area contributed by atoms with Crippen molar-refractivity contribution in [3.63, 3.8) is 0 Å². The van der Waals surface area contributed by atoms with Crippen LogP contribution in [-0.4, -0.2) is 26.8 Å². The van der Waals surface area contributed by atoms with Crippen LogP contribution in [0.2, 0.25) is 0 Å². The Hall–Kier alpha value is -2.34. The van der Waals surface area contributed by atoms with Gasteiger partial charge in [-0.3, -0.25) is 14.2 Å². The maximum absolute atomic E-state index is 13.1. The van der Waals surface area contributed by atoms with Crippen LogP contribution in [-0.2, 0) is 11.3 Å². The first-order chi connectivity index (χ1) is 14.5. The standard InChI is InChI=1S/C24H29N3O2S/c1-4-27-23(29)19-13-17-10-6-7-11-18(17)14-21(19)26-24(27)30-16(3)22(28)25-20-12-8-5-9-15(20)2/h6-7,10-11,13-16,20H,4-5,8-9,12H2,1-3H3,(H,25,28)/t15-,16+,20-/m0/s1. The Bertz CT molecular complexity index is 1140. The van der Waals surface area contributed by atoms with Crippen molar-refractivity contribution in [2.24, 2.45) is 5.92 Å². The van der Waals surface area contributed by atoms with Crippen LogP contribution in [0.5, 0.6) is 0 Å². The molecule has 1 amide bonds. The fourth-order valence-corrected chi connectivity index (χ4v) is 5.28. The molecule has 5 nitrogen and oxygen atoms in total. The van der Waals surface area contributed by atoms with Crippen molar-refractivity contribution < 1.29 is 4.79 Å². The van der Waals surface area contributed by atoms with Crippen LogP contribution in [0.3, 0.4) is 0 Å². The maximum atomic E-state index is 13.1. The van der Waals surface area contributed by atoms with Crippen LogP contribution in [0, 0.1) is 5.92 Å². The van der Waals surface area contributed by atoms with Gasteiger partial charge in [0.15, 0.2) is 5.16 Å². The molecule has 0 radical (unpaired) electrons. The van der Waals surface area contributed by atoms with Gasteiger partial charge < -0.3 is 5.32 Å². The Labute approximate surface area is 181 Å². The molecule has 4 rings (SSSR count). The molecule has 1 aliphatic carbocycles. The van der Waals surface area contributed by atoms with E-state index < -0.39 is 0 Å². The fraction of sp³-hybridized carbons (Fsp3) is 0.458. The first-order valence-corrected chi connectivity index (χ1v) is 11.8. The molecule has 0 aliphatic heterocycles. The molecule has 30 heavy (non-hydrogen) atoms. The maximum Gasteiger partial charge on any atom is 0.262 e. The van der Waals surface area contributed by atoms with Gasteiger partial charge in [0.1, 0.15) is 0 Å². The number of aromatic nitrogens is 2. The van der Waals surface area contributed by atoms with Crippen LogP contribution in [0.1, 0.15) is 46.5 Å². The summed E-state index contributed by atoms with van der Waals surface area (Å²) in [6.07, 6.45) is 4.63. The van der Waals surface area contributed by atoms with Crippen molar-refractivity contribution in [3.05, 3.63) is 46.8 Å². The molecule has 1 N–H and O–H groups in total. The molecule has 0 bridgehead atoms. The van der Waals surface area contributed by atoms with E-state index in [1.807, 2.05) is 50.2 Å². The van der Waals surface area contributed by atoms with Crippen molar-refractivity contribution in [1.29, 1.82) is 0 Å². The number of carbonyl (C=O) groups is 1. The highest BCUT2D eigenvalue weighted by Gasteiger charge is 2.26. The van der Waals surface area contributed by atoms with Crippen LogP contribution in [0.4, 0.5) is 0 Å². The number of rotatable bonds is 5. The largest absolute Gasteiger partial charge is 0.352 e. The number of carbonyl (C=O) groups excluding carboxylic acids is 1. The fourth-order valence-electron chi connectivity index (χ4n) is 4.30. The Balaban J connectivity index is 1.63. The molecule has 0 saturated heterocycles. The minimum absolute atomic E-state index is 0.0225. The van der Waals surface area contributed by atoms with Gasteiger partial charge in [-0.15, -0.1) is 0 Å². The second kappa shape index (κ2) is 8.80. The van der Waals surface area contributed by atoms with Gasteiger partial charge in [0.2, 0.25) is 5.91 Å². The molecule has 1 aromatic heterocycles. The summed E-state index contributed by atoms with van der Waals surface area (Å²) in [4.78, 5) is 30.8. The molecular weight excluding hydrogens is 394 g/mol. The smallest absolute Gasteiger partial charge is 0.262 e. The molecule has 1 saturated carbocycles. The molecular formula is C24H29N3O2S. The summed E-state index contributed by atoms with van der Waals surface area (Å²) in [5.74, 6) is 0.537. The lowest BCUT2D eigenvalue weighted by atomic mass is 9.86. The highest BCUT2D eigenvalue weighted by atomic mass is 32.2. The second-order valence-electron chi connectivity index (χ2n) is 8.30. The molecule has 3 aromatic rings. The third kappa shape index (κ3) is 4.10. The summed E-state index contributed by atoms with van der Waals surface area (Å²) >= 11 is 1.37. The average Bonchev–Trinajstić information content (AvgIpc) is 2.74. The Morgan fingerprint density at radius 3 is 2.63 bits per heavy atom. The highest BCUT2D eigenvalue weighted by molar-refractivity contribution is 8.00. The summed E-state index contributed by atoms with van der Waals surface area (Å²) < 4.78 is 1.68. The topological polar surface area (TPSA) is 64.0 Å². The predicted molar refractivity (Wildman–Crippen MR) is 124 cm³/mol. The quantitative estimate of drug-likeness (QED) is 0.366. The summed E-state index contributed by atoms with van der Waals surface area (Å²) in [5, 5.41) is 6.21. The molecule has 1 fully saturated rings. The molecule has 1 heterocycles. The third-order valence-electron chi connectivity index (χ3n) is 6.19. The van der Waals surface area contributed by atoms with E-state index in [2.05, 4.69) is 12.2 Å². The van der Waals surface area contributed by atoms with E-state index in [1.54, 1.807) is 4.57 Å². The first kappa shape index (κ1) is 20.9. The Morgan fingerprint density at radius 2 is 1.93 bits per heavy atom. The van der Waals surface area contributed by atoms with Gasteiger partial charge in [-0.1, -0.05) is 55.8 Å². The summed E-state index contributed by atoms with van der Waals surface area (Å²) in [5.41, 5.74) is 0.628. The molecule has 0 unspecified atom stereocenters. The normalized spacial score (nSPS) is 20.4. The van der Waals surface area contributed by atoms with E-state index in [1.165, 1.54) is 31.0 Å². The number of hydrogen-bond donors (Lipinski definition) is 1. The predicted octanol–water partition coefficient (Wildman–Crippen LogP) is 4.75. The summed E-state index contributed by atoms with van der Waals surface area (Å²) in [6.45, 7) is 6.56. The molecule has 3 atom stereocenters. The lowest BCUT2D eigenvalue weighted by Gasteiger charge is -2.30. The summed E-state index contributed by atoms with van der Waals surface area (Å²) in [6, 6.07) is 12.1. The van der Waals surface area contributed by atoms with Crippen LogP contribution in [0.15, 0.2) is 46.3 Å². The van der Waals surface area contributed by atoms with Crippen LogP contribution >= 0.6 is 11.8 Å². The van der Waals surface area contributed by atoms with E-state index >= 15 is 0 Å². The second-order valence-corrected chi connectivity index (χ2v) is 9.61. The van der Waals surface area contributed by atoms with Gasteiger partial charge in [-0.05, 0) is 55.5 Å². The zero-order chi connectivity index (χ0) is 21.3. The van der Waals surface area contributed by atoms with Crippen molar-refractivity contribution in [2.45, 2.75) is 69.4 Å².